The molecule has 1 heterocycles. The molecule has 5 nitrogen and oxygen atoms in total. The van der Waals surface area contributed by atoms with E-state index in [1.54, 1.807) is 18.2 Å². The highest BCUT2D eigenvalue weighted by atomic mass is 127. The van der Waals surface area contributed by atoms with Gasteiger partial charge in [0.2, 0.25) is 6.73 Å². The van der Waals surface area contributed by atoms with E-state index in [4.69, 9.17) is 9.47 Å². The van der Waals surface area contributed by atoms with Gasteiger partial charge in [-0.15, -0.1) is 0 Å². The summed E-state index contributed by atoms with van der Waals surface area (Å²) in [6.45, 7) is 5.15. The molecule has 0 aromatic heterocycles. The van der Waals surface area contributed by atoms with Crippen molar-refractivity contribution in [2.24, 2.45) is 0 Å². The molecule has 1 aliphatic rings. The van der Waals surface area contributed by atoms with E-state index in [9.17, 15) is 14.4 Å². The maximum atomic E-state index is 13.7. The molecule has 200 valence electrons. The minimum Gasteiger partial charge on any atom is -1.00 e. The molecular formula is C31H34FIN2O3. The Kier molecular flexibility index (Phi) is 9.34. The smallest absolute Gasteiger partial charge is 0.320 e. The molecule has 0 spiro atoms. The number of rotatable bonds is 9. The summed E-state index contributed by atoms with van der Waals surface area (Å²) in [6.07, 6.45) is 1.45. The first kappa shape index (κ1) is 29.8. The standard InChI is InChI=1S/C31H34FN2O3.HI/c1-30(2,25-9-6-5-7-10-25)29(35)36-22-34(3,4)18-8-17-31(26-12-14-27(32)15-13-26)28-16-11-23(20-33)19-24(28)21-37-31;/h5-7,9-16,19H,8,17-18,21-22H2,1-4H3;1H/q+1;/p-1. The van der Waals surface area contributed by atoms with Crippen molar-refractivity contribution in [2.75, 3.05) is 27.4 Å². The van der Waals surface area contributed by atoms with Crippen LogP contribution in [0.4, 0.5) is 4.39 Å². The number of nitrogens with zero attached hydrogens (tertiary/aromatic N) is 2. The molecule has 0 saturated heterocycles. The monoisotopic (exact) mass is 628 g/mol. The van der Waals surface area contributed by atoms with Gasteiger partial charge in [0, 0.05) is 6.42 Å². The van der Waals surface area contributed by atoms with E-state index >= 15 is 0 Å². The number of hydrogen-bond donors (Lipinski definition) is 0. The van der Waals surface area contributed by atoms with Gasteiger partial charge in [-0.05, 0) is 66.8 Å². The maximum absolute atomic E-state index is 13.7. The lowest BCUT2D eigenvalue weighted by Crippen LogP contribution is -3.00. The highest BCUT2D eigenvalue weighted by Crippen LogP contribution is 2.45. The first-order chi connectivity index (χ1) is 17.6. The highest BCUT2D eigenvalue weighted by molar-refractivity contribution is 5.82. The SMILES string of the molecule is CC(C)(C(=O)OC[N+](C)(C)CCCC1(c2ccc(F)cc2)OCc2cc(C#N)ccc21)c1ccccc1.[I-]. The summed E-state index contributed by atoms with van der Waals surface area (Å²) in [5.41, 5.74) is 2.94. The normalized spacial score (nSPS) is 16.7. The summed E-state index contributed by atoms with van der Waals surface area (Å²) in [7, 11) is 4.08. The van der Waals surface area contributed by atoms with Gasteiger partial charge in [0.1, 0.15) is 11.4 Å². The van der Waals surface area contributed by atoms with E-state index in [-0.39, 0.29) is 42.5 Å². The van der Waals surface area contributed by atoms with Crippen LogP contribution >= 0.6 is 0 Å². The van der Waals surface area contributed by atoms with Gasteiger partial charge in [-0.1, -0.05) is 48.5 Å². The lowest BCUT2D eigenvalue weighted by atomic mass is 9.81. The molecule has 1 atom stereocenters. The van der Waals surface area contributed by atoms with Gasteiger partial charge in [-0.25, -0.2) is 4.39 Å². The fourth-order valence-electron chi connectivity index (χ4n) is 4.97. The number of nitriles is 1. The molecule has 0 radical (unpaired) electrons. The Balaban J connectivity index is 0.00000400. The number of quaternary nitrogens is 1. The fourth-order valence-corrected chi connectivity index (χ4v) is 4.97. The third-order valence-electron chi connectivity index (χ3n) is 7.30. The molecule has 38 heavy (non-hydrogen) atoms. The van der Waals surface area contributed by atoms with E-state index < -0.39 is 11.0 Å². The molecule has 1 aliphatic heterocycles. The van der Waals surface area contributed by atoms with E-state index in [1.165, 1.54) is 12.1 Å². The second-order valence-electron chi connectivity index (χ2n) is 10.9. The number of hydrogen-bond acceptors (Lipinski definition) is 4. The number of benzene rings is 3. The molecule has 3 aromatic rings. The first-order valence-corrected chi connectivity index (χ1v) is 12.6. The van der Waals surface area contributed by atoms with Crippen LogP contribution in [-0.2, 0) is 31.9 Å². The van der Waals surface area contributed by atoms with Gasteiger partial charge in [-0.3, -0.25) is 9.28 Å². The summed E-state index contributed by atoms with van der Waals surface area (Å²) < 4.78 is 26.4. The molecule has 1 unspecified atom stereocenters. The van der Waals surface area contributed by atoms with Gasteiger partial charge < -0.3 is 33.5 Å². The number of esters is 1. The lowest BCUT2D eigenvalue weighted by Gasteiger charge is -2.34. The summed E-state index contributed by atoms with van der Waals surface area (Å²) in [4.78, 5) is 12.9. The second kappa shape index (κ2) is 11.9. The molecule has 0 bridgehead atoms. The van der Waals surface area contributed by atoms with Crippen molar-refractivity contribution < 1.29 is 47.1 Å². The summed E-state index contributed by atoms with van der Waals surface area (Å²) in [5.74, 6) is -0.552. The highest BCUT2D eigenvalue weighted by Gasteiger charge is 2.42. The van der Waals surface area contributed by atoms with Crippen LogP contribution in [0, 0.1) is 17.1 Å². The molecular weight excluding hydrogens is 594 g/mol. The zero-order valence-corrected chi connectivity index (χ0v) is 24.5. The quantitative estimate of drug-likeness (QED) is 0.158. The maximum Gasteiger partial charge on any atom is 0.320 e. The Hall–Kier alpha value is -2.80. The Bertz CT molecular complexity index is 1300. The van der Waals surface area contributed by atoms with Crippen LogP contribution in [0.25, 0.3) is 0 Å². The van der Waals surface area contributed by atoms with E-state index in [0.717, 1.165) is 35.2 Å². The van der Waals surface area contributed by atoms with E-state index in [2.05, 4.69) is 6.07 Å². The van der Waals surface area contributed by atoms with Gasteiger partial charge in [0.25, 0.3) is 0 Å². The lowest BCUT2D eigenvalue weighted by molar-refractivity contribution is -0.907. The molecule has 7 heteroatoms. The van der Waals surface area contributed by atoms with Crippen LogP contribution in [0.2, 0.25) is 0 Å². The van der Waals surface area contributed by atoms with Crippen molar-refractivity contribution in [1.29, 1.82) is 5.26 Å². The van der Waals surface area contributed by atoms with Crippen molar-refractivity contribution in [3.63, 3.8) is 0 Å². The van der Waals surface area contributed by atoms with Crippen LogP contribution < -0.4 is 24.0 Å². The number of ether oxygens (including phenoxy) is 2. The van der Waals surface area contributed by atoms with Crippen LogP contribution in [-0.4, -0.2) is 37.8 Å². The zero-order chi connectivity index (χ0) is 26.7. The average molecular weight is 629 g/mol. The third kappa shape index (κ3) is 6.25. The minimum atomic E-state index is -0.739. The van der Waals surface area contributed by atoms with Crippen molar-refractivity contribution in [3.8, 4) is 6.07 Å². The summed E-state index contributed by atoms with van der Waals surface area (Å²) in [5, 5.41) is 9.31. The summed E-state index contributed by atoms with van der Waals surface area (Å²) >= 11 is 0. The van der Waals surface area contributed by atoms with E-state index in [1.807, 2.05) is 70.4 Å². The molecule has 3 aromatic carbocycles. The Labute approximate surface area is 241 Å². The molecule has 0 amide bonds. The number of fused-ring (bicyclic) bond motifs is 1. The number of carbonyl (C=O) groups is 1. The Morgan fingerprint density at radius 3 is 2.45 bits per heavy atom. The van der Waals surface area contributed by atoms with Crippen LogP contribution in [0.1, 0.15) is 54.5 Å². The van der Waals surface area contributed by atoms with Gasteiger partial charge in [0.05, 0.1) is 44.3 Å². The largest absolute Gasteiger partial charge is 1.00 e. The topological polar surface area (TPSA) is 59.3 Å². The molecule has 0 fully saturated rings. The van der Waals surface area contributed by atoms with Crippen LogP contribution in [0.5, 0.6) is 0 Å². The van der Waals surface area contributed by atoms with Gasteiger partial charge >= 0.3 is 5.97 Å². The average Bonchev–Trinajstić information content (AvgIpc) is 3.26. The Morgan fingerprint density at radius 2 is 1.79 bits per heavy atom. The van der Waals surface area contributed by atoms with Crippen molar-refractivity contribution in [2.45, 2.75) is 44.3 Å². The van der Waals surface area contributed by atoms with Gasteiger partial charge in [0.15, 0.2) is 0 Å². The molecule has 0 N–H and O–H groups in total. The van der Waals surface area contributed by atoms with Crippen molar-refractivity contribution in [3.05, 3.63) is 106 Å². The third-order valence-corrected chi connectivity index (χ3v) is 7.30. The van der Waals surface area contributed by atoms with Crippen molar-refractivity contribution >= 4 is 5.97 Å². The molecule has 4 rings (SSSR count). The predicted molar refractivity (Wildman–Crippen MR) is 140 cm³/mol. The molecule has 0 aliphatic carbocycles. The van der Waals surface area contributed by atoms with Crippen molar-refractivity contribution in [1.82, 2.24) is 0 Å². The number of halogens is 2. The van der Waals surface area contributed by atoms with E-state index in [0.29, 0.717) is 23.1 Å². The van der Waals surface area contributed by atoms with Gasteiger partial charge in [-0.2, -0.15) is 5.26 Å². The fraction of sp³-hybridized carbons (Fsp3) is 0.355. The predicted octanol–water partition coefficient (Wildman–Crippen LogP) is 2.81. The second-order valence-corrected chi connectivity index (χ2v) is 10.9. The summed E-state index contributed by atoms with van der Waals surface area (Å²) in [6, 6.07) is 23.9. The Morgan fingerprint density at radius 1 is 1.11 bits per heavy atom. The molecule has 0 saturated carbocycles. The first-order valence-electron chi connectivity index (χ1n) is 12.6. The van der Waals surface area contributed by atoms with Crippen LogP contribution in [0.15, 0.2) is 72.8 Å². The minimum absolute atomic E-state index is 0. The number of carbonyl (C=O) groups excluding carboxylic acids is 1. The zero-order valence-electron chi connectivity index (χ0n) is 22.3. The van der Waals surface area contributed by atoms with Crippen LogP contribution in [0.3, 0.4) is 0 Å².